The fourth-order valence-corrected chi connectivity index (χ4v) is 2.33. The molecule has 0 saturated carbocycles. The Morgan fingerprint density at radius 3 is 2.67 bits per heavy atom. The lowest BCUT2D eigenvalue weighted by Gasteiger charge is -2.06. The standard InChI is InChI=1S/C11H14NO5P/c1-3-9(18(15)16)6-8-4-5-10(12(13)14)11(7-8)17-2/h4-5,7,9H,3,6H2,1-2H3/p+1. The van der Waals surface area contributed by atoms with E-state index in [-0.39, 0.29) is 17.1 Å². The second-order valence-electron chi connectivity index (χ2n) is 3.83. The second kappa shape index (κ2) is 6.42. The molecular weight excluding hydrogens is 257 g/mol. The number of nitro benzene ring substituents is 1. The monoisotopic (exact) mass is 272 g/mol. The molecule has 2 unspecified atom stereocenters. The van der Waals surface area contributed by atoms with Crippen LogP contribution < -0.4 is 4.74 Å². The Hall–Kier alpha value is -1.52. The van der Waals surface area contributed by atoms with E-state index in [1.54, 1.807) is 12.1 Å². The molecule has 18 heavy (non-hydrogen) atoms. The van der Waals surface area contributed by atoms with Crippen LogP contribution in [-0.2, 0) is 11.0 Å². The van der Waals surface area contributed by atoms with Crippen molar-refractivity contribution in [2.24, 2.45) is 0 Å². The first-order valence-corrected chi connectivity index (χ1v) is 6.74. The van der Waals surface area contributed by atoms with Crippen LogP contribution >= 0.6 is 8.03 Å². The predicted octanol–water partition coefficient (Wildman–Crippen LogP) is 2.66. The van der Waals surface area contributed by atoms with Gasteiger partial charge in [-0.15, -0.1) is 0 Å². The van der Waals surface area contributed by atoms with Crippen LogP contribution in [0.25, 0.3) is 0 Å². The van der Waals surface area contributed by atoms with Crippen LogP contribution in [0.5, 0.6) is 5.75 Å². The Kier molecular flexibility index (Phi) is 5.19. The highest BCUT2D eigenvalue weighted by atomic mass is 31.1. The molecule has 7 heteroatoms. The van der Waals surface area contributed by atoms with Gasteiger partial charge in [0, 0.05) is 12.5 Å². The smallest absolute Gasteiger partial charge is 0.490 e. The molecule has 1 aromatic rings. The van der Waals surface area contributed by atoms with Crippen molar-refractivity contribution in [3.05, 3.63) is 33.9 Å². The average molecular weight is 272 g/mol. The fourth-order valence-electron chi connectivity index (χ4n) is 1.65. The molecule has 0 radical (unpaired) electrons. The number of nitro groups is 1. The first-order valence-electron chi connectivity index (χ1n) is 5.46. The Balaban J connectivity index is 2.98. The van der Waals surface area contributed by atoms with Gasteiger partial charge in [-0.2, -0.15) is 4.89 Å². The zero-order valence-electron chi connectivity index (χ0n) is 10.2. The summed E-state index contributed by atoms with van der Waals surface area (Å²) in [6.07, 6.45) is 0.974. The Bertz CT molecular complexity index is 463. The lowest BCUT2D eigenvalue weighted by Crippen LogP contribution is -2.05. The van der Waals surface area contributed by atoms with Crippen molar-refractivity contribution in [3.8, 4) is 5.75 Å². The maximum atomic E-state index is 11.1. The molecule has 0 amide bonds. The Morgan fingerprint density at radius 2 is 2.22 bits per heavy atom. The van der Waals surface area contributed by atoms with Gasteiger partial charge in [0.1, 0.15) is 0 Å². The summed E-state index contributed by atoms with van der Waals surface area (Å²) in [7, 11) is -0.889. The number of benzene rings is 1. The van der Waals surface area contributed by atoms with Crippen molar-refractivity contribution in [2.45, 2.75) is 25.4 Å². The molecule has 2 atom stereocenters. The Morgan fingerprint density at radius 1 is 1.56 bits per heavy atom. The number of methoxy groups -OCH3 is 1. The Labute approximate surface area is 106 Å². The lowest BCUT2D eigenvalue weighted by atomic mass is 10.1. The van der Waals surface area contributed by atoms with Crippen LogP contribution in [-0.4, -0.2) is 22.6 Å². The van der Waals surface area contributed by atoms with Gasteiger partial charge in [0.05, 0.1) is 12.0 Å². The molecule has 0 aromatic heterocycles. The normalized spacial score (nSPS) is 12.9. The number of nitrogens with zero attached hydrogens (tertiary/aromatic N) is 1. The van der Waals surface area contributed by atoms with Crippen LogP contribution in [0.1, 0.15) is 18.9 Å². The molecule has 0 aliphatic carbocycles. The molecule has 0 heterocycles. The minimum absolute atomic E-state index is 0.109. The van der Waals surface area contributed by atoms with E-state index < -0.39 is 13.0 Å². The lowest BCUT2D eigenvalue weighted by molar-refractivity contribution is -0.385. The first-order chi connectivity index (χ1) is 8.49. The summed E-state index contributed by atoms with van der Waals surface area (Å²) in [5.74, 6) is 0.167. The van der Waals surface area contributed by atoms with Crippen molar-refractivity contribution in [2.75, 3.05) is 7.11 Å². The van der Waals surface area contributed by atoms with E-state index in [4.69, 9.17) is 9.63 Å². The third-order valence-electron chi connectivity index (χ3n) is 2.70. The molecule has 0 spiro atoms. The van der Waals surface area contributed by atoms with Crippen LogP contribution in [0, 0.1) is 10.1 Å². The molecule has 0 bridgehead atoms. The summed E-state index contributed by atoms with van der Waals surface area (Å²) in [5, 5.41) is 10.7. The van der Waals surface area contributed by atoms with Gasteiger partial charge in [-0.25, -0.2) is 0 Å². The molecule has 0 fully saturated rings. The van der Waals surface area contributed by atoms with E-state index in [2.05, 4.69) is 0 Å². The minimum atomic E-state index is -2.25. The summed E-state index contributed by atoms with van der Waals surface area (Å²) in [4.78, 5) is 19.3. The van der Waals surface area contributed by atoms with Crippen LogP contribution in [0.15, 0.2) is 18.2 Å². The van der Waals surface area contributed by atoms with Gasteiger partial charge in [-0.3, -0.25) is 10.1 Å². The summed E-state index contributed by atoms with van der Waals surface area (Å²) in [6, 6.07) is 4.48. The zero-order valence-corrected chi connectivity index (χ0v) is 11.1. The molecular formula is C11H15NO5P+. The third kappa shape index (κ3) is 3.48. The van der Waals surface area contributed by atoms with Gasteiger partial charge in [0.25, 0.3) is 0 Å². The van der Waals surface area contributed by atoms with E-state index in [1.165, 1.54) is 13.2 Å². The highest BCUT2D eigenvalue weighted by Gasteiger charge is 2.27. The summed E-state index contributed by atoms with van der Waals surface area (Å²) in [5.41, 5.74) is 0.301. The molecule has 1 aromatic carbocycles. The molecule has 0 aliphatic heterocycles. The van der Waals surface area contributed by atoms with E-state index in [1.807, 2.05) is 6.92 Å². The second-order valence-corrected chi connectivity index (χ2v) is 5.17. The SMILES string of the molecule is CCC(Cc1ccc([N+](=O)[O-])c(OC)c1)[P+](=O)O. The molecule has 0 saturated heterocycles. The highest BCUT2D eigenvalue weighted by Crippen LogP contribution is 2.32. The largest absolute Gasteiger partial charge is 0.508 e. The molecule has 6 nitrogen and oxygen atoms in total. The number of ether oxygens (including phenoxy) is 1. The quantitative estimate of drug-likeness (QED) is 0.488. The van der Waals surface area contributed by atoms with Crippen molar-refractivity contribution >= 4 is 13.7 Å². The van der Waals surface area contributed by atoms with Gasteiger partial charge in [0.15, 0.2) is 11.4 Å². The molecule has 1 N–H and O–H groups in total. The van der Waals surface area contributed by atoms with E-state index in [0.717, 1.165) is 5.56 Å². The van der Waals surface area contributed by atoms with Gasteiger partial charge < -0.3 is 4.74 Å². The molecule has 1 rings (SSSR count). The van der Waals surface area contributed by atoms with Gasteiger partial charge in [0.2, 0.25) is 0 Å². The summed E-state index contributed by atoms with van der Waals surface area (Å²) < 4.78 is 16.0. The maximum Gasteiger partial charge on any atom is 0.508 e. The number of hydrogen-bond donors (Lipinski definition) is 1. The van der Waals surface area contributed by atoms with Crippen LogP contribution in [0.2, 0.25) is 0 Å². The maximum absolute atomic E-state index is 11.1. The van der Waals surface area contributed by atoms with E-state index in [9.17, 15) is 14.7 Å². The predicted molar refractivity (Wildman–Crippen MR) is 67.3 cm³/mol. The van der Waals surface area contributed by atoms with E-state index >= 15 is 0 Å². The van der Waals surface area contributed by atoms with Crippen molar-refractivity contribution < 1.29 is 19.1 Å². The molecule has 98 valence electrons. The zero-order chi connectivity index (χ0) is 13.7. The van der Waals surface area contributed by atoms with Crippen molar-refractivity contribution in [1.82, 2.24) is 0 Å². The average Bonchev–Trinajstić information content (AvgIpc) is 2.34. The van der Waals surface area contributed by atoms with Gasteiger partial charge >= 0.3 is 13.7 Å². The minimum Gasteiger partial charge on any atom is -0.490 e. The van der Waals surface area contributed by atoms with Gasteiger partial charge in [-0.1, -0.05) is 13.0 Å². The number of rotatable bonds is 6. The van der Waals surface area contributed by atoms with Crippen molar-refractivity contribution in [3.63, 3.8) is 0 Å². The third-order valence-corrected chi connectivity index (χ3v) is 3.87. The van der Waals surface area contributed by atoms with Gasteiger partial charge in [-0.05, 0) is 22.6 Å². The van der Waals surface area contributed by atoms with E-state index in [0.29, 0.717) is 12.8 Å². The summed E-state index contributed by atoms with van der Waals surface area (Å²) in [6.45, 7) is 1.83. The number of hydrogen-bond acceptors (Lipinski definition) is 4. The fraction of sp³-hybridized carbons (Fsp3) is 0.455. The van der Waals surface area contributed by atoms with Crippen LogP contribution in [0.4, 0.5) is 5.69 Å². The van der Waals surface area contributed by atoms with Crippen LogP contribution in [0.3, 0.4) is 0 Å². The first kappa shape index (κ1) is 14.5. The topological polar surface area (TPSA) is 89.7 Å². The van der Waals surface area contributed by atoms with Crippen molar-refractivity contribution in [1.29, 1.82) is 0 Å². The molecule has 0 aliphatic rings. The summed E-state index contributed by atoms with van der Waals surface area (Å²) >= 11 is 0. The highest BCUT2D eigenvalue weighted by molar-refractivity contribution is 7.38.